The Hall–Kier alpha value is -4.22. The van der Waals surface area contributed by atoms with E-state index >= 15 is 0 Å². The average Bonchev–Trinajstić information content (AvgIpc) is 3.35. The minimum Gasteiger partial charge on any atom is -0.381 e. The lowest BCUT2D eigenvalue weighted by molar-refractivity contribution is -0.140. The second kappa shape index (κ2) is 10.4. The van der Waals surface area contributed by atoms with E-state index in [0.717, 1.165) is 34.5 Å². The van der Waals surface area contributed by atoms with Gasteiger partial charge in [0.25, 0.3) is 11.8 Å². The summed E-state index contributed by atoms with van der Waals surface area (Å²) < 4.78 is 27.7. The first kappa shape index (κ1) is 23.9. The van der Waals surface area contributed by atoms with E-state index in [0.29, 0.717) is 5.69 Å². The molecular weight excluding hydrogens is 460 g/mol. The molecule has 0 aliphatic heterocycles. The molecule has 4 aromatic rings. The highest BCUT2D eigenvalue weighted by molar-refractivity contribution is 5.94. The lowest BCUT2D eigenvalue weighted by Gasteiger charge is -2.21. The summed E-state index contributed by atoms with van der Waals surface area (Å²) >= 11 is 0. The summed E-state index contributed by atoms with van der Waals surface area (Å²) in [5, 5.41) is 32.0. The van der Waals surface area contributed by atoms with Crippen molar-refractivity contribution in [1.82, 2.24) is 25.8 Å². The molecule has 0 fully saturated rings. The maximum Gasteiger partial charge on any atom is 0.274 e. The Morgan fingerprint density at radius 3 is 2.51 bits per heavy atom. The fraction of sp³-hybridized carbons (Fsp3) is 0.167. The Balaban J connectivity index is 1.51. The Morgan fingerprint density at radius 2 is 1.77 bits per heavy atom. The maximum absolute atomic E-state index is 13.4. The smallest absolute Gasteiger partial charge is 0.274 e. The van der Waals surface area contributed by atoms with Crippen LogP contribution in [0, 0.1) is 11.6 Å². The van der Waals surface area contributed by atoms with Gasteiger partial charge >= 0.3 is 0 Å². The predicted octanol–water partition coefficient (Wildman–Crippen LogP) is 2.29. The Labute approximate surface area is 198 Å². The average molecular weight is 481 g/mol. The number of aromatic nitrogens is 3. The molecule has 1 heterocycles. The number of hydrogen-bond acceptors (Lipinski definition) is 6. The number of nitrogens with one attached hydrogen (secondary N) is 2. The van der Waals surface area contributed by atoms with Crippen molar-refractivity contribution in [2.45, 2.75) is 25.1 Å². The van der Waals surface area contributed by atoms with Crippen LogP contribution in [0.15, 0.2) is 66.9 Å². The molecule has 180 valence electrons. The van der Waals surface area contributed by atoms with Crippen LogP contribution < -0.4 is 10.8 Å². The van der Waals surface area contributed by atoms with Crippen LogP contribution in [-0.4, -0.2) is 43.2 Å². The van der Waals surface area contributed by atoms with Crippen molar-refractivity contribution in [3.63, 3.8) is 0 Å². The molecular formula is C24H21F2N5O4. The first-order valence-corrected chi connectivity index (χ1v) is 10.6. The van der Waals surface area contributed by atoms with Gasteiger partial charge in [0, 0.05) is 5.56 Å². The van der Waals surface area contributed by atoms with Crippen LogP contribution in [0.25, 0.3) is 10.8 Å². The minimum atomic E-state index is -1.65. The zero-order chi connectivity index (χ0) is 24.9. The third kappa shape index (κ3) is 5.48. The molecule has 2 atom stereocenters. The van der Waals surface area contributed by atoms with E-state index in [-0.39, 0.29) is 18.5 Å². The quantitative estimate of drug-likeness (QED) is 0.226. The van der Waals surface area contributed by atoms with Crippen LogP contribution in [0.3, 0.4) is 0 Å². The second-order valence-electron chi connectivity index (χ2n) is 7.88. The van der Waals surface area contributed by atoms with E-state index in [2.05, 4.69) is 15.6 Å². The van der Waals surface area contributed by atoms with Crippen LogP contribution in [0.2, 0.25) is 0 Å². The summed E-state index contributed by atoms with van der Waals surface area (Å²) in [6.07, 6.45) is -0.0352. The van der Waals surface area contributed by atoms with Crippen LogP contribution in [-0.2, 0) is 17.8 Å². The molecule has 0 saturated carbocycles. The van der Waals surface area contributed by atoms with Gasteiger partial charge < -0.3 is 10.4 Å². The van der Waals surface area contributed by atoms with Gasteiger partial charge in [-0.1, -0.05) is 47.7 Å². The monoisotopic (exact) mass is 481 g/mol. The van der Waals surface area contributed by atoms with Crippen LogP contribution >= 0.6 is 0 Å². The van der Waals surface area contributed by atoms with Crippen molar-refractivity contribution in [2.75, 3.05) is 0 Å². The van der Waals surface area contributed by atoms with Gasteiger partial charge in [-0.2, -0.15) is 0 Å². The van der Waals surface area contributed by atoms with E-state index < -0.39 is 35.6 Å². The first-order valence-electron chi connectivity index (χ1n) is 10.6. The molecule has 0 aliphatic rings. The standard InChI is InChI=1S/C24H21F2N5O4/c25-19-8-7-17(11-20(19)26)23(33)27-12-18-13-31(30-28-18)21(22(32)24(34)29-35)10-14-5-6-15-3-1-2-4-16(15)9-14/h1-9,11,13,21-22,32,35H,10,12H2,(H,27,33)(H,29,34)/t21-,22+/m1/s1. The SMILES string of the molecule is O=C(NCc1cn([C@H](Cc2ccc3ccccc3c2)[C@H](O)C(=O)NO)nn1)c1ccc(F)c(F)c1. The van der Waals surface area contributed by atoms with Gasteiger partial charge in [-0.15, -0.1) is 5.10 Å². The lowest BCUT2D eigenvalue weighted by atomic mass is 9.98. The van der Waals surface area contributed by atoms with E-state index in [4.69, 9.17) is 5.21 Å². The van der Waals surface area contributed by atoms with Gasteiger partial charge in [0.05, 0.1) is 18.8 Å². The molecule has 9 nitrogen and oxygen atoms in total. The molecule has 0 saturated heterocycles. The van der Waals surface area contributed by atoms with Crippen molar-refractivity contribution in [3.05, 3.63) is 95.3 Å². The molecule has 4 N–H and O–H groups in total. The Bertz CT molecular complexity index is 1380. The summed E-state index contributed by atoms with van der Waals surface area (Å²) in [6.45, 7) is -0.0944. The number of nitrogens with zero attached hydrogens (tertiary/aromatic N) is 3. The molecule has 0 bridgehead atoms. The van der Waals surface area contributed by atoms with Gasteiger partial charge in [-0.05, 0) is 41.0 Å². The number of rotatable bonds is 8. The van der Waals surface area contributed by atoms with Gasteiger partial charge in [-0.3, -0.25) is 14.8 Å². The summed E-state index contributed by atoms with van der Waals surface area (Å²) in [7, 11) is 0. The Kier molecular flexibility index (Phi) is 7.09. The number of benzene rings is 3. The summed E-state index contributed by atoms with van der Waals surface area (Å²) in [5.74, 6) is -3.87. The molecule has 35 heavy (non-hydrogen) atoms. The molecule has 4 rings (SSSR count). The summed E-state index contributed by atoms with van der Waals surface area (Å²) in [4.78, 5) is 24.2. The normalized spacial score (nSPS) is 12.8. The number of carbonyl (C=O) groups is 2. The number of fused-ring (bicyclic) bond motifs is 1. The predicted molar refractivity (Wildman–Crippen MR) is 120 cm³/mol. The number of hydroxylamine groups is 1. The van der Waals surface area contributed by atoms with E-state index in [1.54, 1.807) is 0 Å². The highest BCUT2D eigenvalue weighted by atomic mass is 19.2. The topological polar surface area (TPSA) is 129 Å². The van der Waals surface area contributed by atoms with Crippen molar-refractivity contribution in [3.8, 4) is 0 Å². The van der Waals surface area contributed by atoms with Gasteiger partial charge in [0.15, 0.2) is 17.7 Å². The van der Waals surface area contributed by atoms with Crippen LogP contribution in [0.4, 0.5) is 8.78 Å². The van der Waals surface area contributed by atoms with Gasteiger partial charge in [0.1, 0.15) is 5.69 Å². The van der Waals surface area contributed by atoms with Crippen molar-refractivity contribution >= 4 is 22.6 Å². The molecule has 1 aromatic heterocycles. The molecule has 0 spiro atoms. The van der Waals surface area contributed by atoms with E-state index in [9.17, 15) is 23.5 Å². The van der Waals surface area contributed by atoms with Crippen molar-refractivity contribution in [1.29, 1.82) is 0 Å². The largest absolute Gasteiger partial charge is 0.381 e. The molecule has 2 amide bonds. The number of halogens is 2. The zero-order valence-electron chi connectivity index (χ0n) is 18.2. The van der Waals surface area contributed by atoms with Gasteiger partial charge in [0.2, 0.25) is 0 Å². The van der Waals surface area contributed by atoms with Crippen molar-refractivity contribution < 1.29 is 28.7 Å². The lowest BCUT2D eigenvalue weighted by Crippen LogP contribution is -2.40. The van der Waals surface area contributed by atoms with E-state index in [1.807, 2.05) is 42.5 Å². The van der Waals surface area contributed by atoms with Crippen LogP contribution in [0.1, 0.15) is 27.7 Å². The second-order valence-corrected chi connectivity index (χ2v) is 7.88. The number of hydrogen-bond donors (Lipinski definition) is 4. The molecule has 0 unspecified atom stereocenters. The molecule has 0 radical (unpaired) electrons. The number of aliphatic hydroxyl groups is 1. The van der Waals surface area contributed by atoms with Crippen LogP contribution in [0.5, 0.6) is 0 Å². The maximum atomic E-state index is 13.4. The third-order valence-electron chi connectivity index (χ3n) is 5.51. The highest BCUT2D eigenvalue weighted by Crippen LogP contribution is 2.22. The first-order chi connectivity index (χ1) is 16.9. The molecule has 11 heteroatoms. The summed E-state index contributed by atoms with van der Waals surface area (Å²) in [6, 6.07) is 15.3. The van der Waals surface area contributed by atoms with Crippen molar-refractivity contribution in [2.24, 2.45) is 0 Å². The fourth-order valence-corrected chi connectivity index (χ4v) is 3.66. The molecule has 3 aromatic carbocycles. The summed E-state index contributed by atoms with van der Waals surface area (Å²) in [5.41, 5.74) is 2.47. The Morgan fingerprint density at radius 1 is 1.00 bits per heavy atom. The number of aliphatic hydroxyl groups excluding tert-OH is 1. The highest BCUT2D eigenvalue weighted by Gasteiger charge is 2.29. The molecule has 0 aliphatic carbocycles. The number of amides is 2. The fourth-order valence-electron chi connectivity index (χ4n) is 3.66. The van der Waals surface area contributed by atoms with Gasteiger partial charge in [-0.25, -0.2) is 18.9 Å². The third-order valence-corrected chi connectivity index (χ3v) is 5.51. The number of carbonyl (C=O) groups excluding carboxylic acids is 2. The minimum absolute atomic E-state index is 0.0690. The zero-order valence-corrected chi connectivity index (χ0v) is 18.2. The van der Waals surface area contributed by atoms with E-state index in [1.165, 1.54) is 16.4 Å².